The Morgan fingerprint density at radius 3 is 2.53 bits per heavy atom. The van der Waals surface area contributed by atoms with E-state index in [0.29, 0.717) is 19.4 Å². The third kappa shape index (κ3) is 5.25. The molecule has 1 aliphatic rings. The minimum Gasteiger partial charge on any atom is -0.481 e. The molecule has 2 N–H and O–H groups in total. The molecule has 5 rings (SSSR count). The summed E-state index contributed by atoms with van der Waals surface area (Å²) in [7, 11) is 0. The van der Waals surface area contributed by atoms with Crippen LogP contribution in [0.5, 0.6) is 0 Å². The zero-order chi connectivity index (χ0) is 24.9. The third-order valence-corrected chi connectivity index (χ3v) is 6.53. The van der Waals surface area contributed by atoms with E-state index in [9.17, 15) is 9.18 Å². The summed E-state index contributed by atoms with van der Waals surface area (Å²) in [5.74, 6) is -1.01. The van der Waals surface area contributed by atoms with E-state index in [-0.39, 0.29) is 24.3 Å². The number of para-hydroxylation sites is 1. The van der Waals surface area contributed by atoms with Crippen molar-refractivity contribution in [1.82, 2.24) is 4.98 Å². The van der Waals surface area contributed by atoms with Crippen LogP contribution >= 0.6 is 0 Å². The van der Waals surface area contributed by atoms with Gasteiger partial charge < -0.3 is 19.6 Å². The Hall–Kier alpha value is -3.74. The lowest BCUT2D eigenvalue weighted by atomic mass is 9.91. The number of aromatic amines is 1. The van der Waals surface area contributed by atoms with Crippen LogP contribution < -0.4 is 0 Å². The zero-order valence-corrected chi connectivity index (χ0v) is 19.8. The van der Waals surface area contributed by atoms with Crippen molar-refractivity contribution >= 4 is 16.9 Å². The molecule has 4 aromatic rings. The van der Waals surface area contributed by atoms with E-state index in [4.69, 9.17) is 14.6 Å². The molecular weight excluding hydrogens is 457 g/mol. The van der Waals surface area contributed by atoms with Gasteiger partial charge in [0.05, 0.1) is 18.4 Å². The van der Waals surface area contributed by atoms with Gasteiger partial charge in [-0.1, -0.05) is 60.7 Å². The number of halogens is 1. The summed E-state index contributed by atoms with van der Waals surface area (Å²) in [6.45, 7) is 0.482. The summed E-state index contributed by atoms with van der Waals surface area (Å²) in [5.41, 5.74) is 4.62. The van der Waals surface area contributed by atoms with Crippen molar-refractivity contribution in [3.8, 4) is 11.3 Å². The van der Waals surface area contributed by atoms with Crippen LogP contribution in [0.2, 0.25) is 0 Å². The molecule has 0 spiro atoms. The molecule has 184 valence electrons. The van der Waals surface area contributed by atoms with Crippen LogP contribution in [-0.4, -0.2) is 22.7 Å². The number of carboxylic acid groups (broad SMARTS) is 1. The smallest absolute Gasteiger partial charge is 0.303 e. The van der Waals surface area contributed by atoms with Gasteiger partial charge in [0.2, 0.25) is 0 Å². The third-order valence-electron chi connectivity index (χ3n) is 6.53. The number of allylic oxidation sites excluding steroid dienone is 2. The lowest BCUT2D eigenvalue weighted by Gasteiger charge is -2.37. The van der Waals surface area contributed by atoms with E-state index in [0.717, 1.165) is 33.3 Å². The number of carbonyl (C=O) groups is 1. The Morgan fingerprint density at radius 2 is 1.75 bits per heavy atom. The molecule has 0 amide bonds. The number of fused-ring (bicyclic) bond motifs is 1. The van der Waals surface area contributed by atoms with Crippen molar-refractivity contribution in [2.45, 2.75) is 31.7 Å². The van der Waals surface area contributed by atoms with Crippen molar-refractivity contribution in [3.05, 3.63) is 108 Å². The summed E-state index contributed by atoms with van der Waals surface area (Å²) in [4.78, 5) is 14.3. The number of nitrogens with one attached hydrogen (secondary N) is 1. The molecule has 2 heterocycles. The molecular formula is C30H28FNO4. The fourth-order valence-electron chi connectivity index (χ4n) is 4.77. The molecule has 1 saturated heterocycles. The Kier molecular flexibility index (Phi) is 7.26. The first kappa shape index (κ1) is 24.0. The van der Waals surface area contributed by atoms with Gasteiger partial charge in [-0.3, -0.25) is 4.79 Å². The number of benzene rings is 3. The number of rotatable bonds is 8. The largest absolute Gasteiger partial charge is 0.481 e. The molecule has 1 unspecified atom stereocenters. The van der Waals surface area contributed by atoms with Crippen LogP contribution in [0, 0.1) is 11.7 Å². The first-order valence-electron chi connectivity index (χ1n) is 12.2. The van der Waals surface area contributed by atoms with E-state index in [1.54, 1.807) is 12.1 Å². The highest BCUT2D eigenvalue weighted by molar-refractivity contribution is 5.91. The van der Waals surface area contributed by atoms with Crippen LogP contribution in [0.1, 0.15) is 42.8 Å². The van der Waals surface area contributed by atoms with Gasteiger partial charge >= 0.3 is 5.97 Å². The molecule has 5 nitrogen and oxygen atoms in total. The maximum absolute atomic E-state index is 13.6. The highest BCUT2D eigenvalue weighted by Crippen LogP contribution is 2.44. The Labute approximate surface area is 209 Å². The first-order valence-corrected chi connectivity index (χ1v) is 12.2. The number of hydrogen-bond donors (Lipinski definition) is 2. The molecule has 0 saturated carbocycles. The average molecular weight is 486 g/mol. The summed E-state index contributed by atoms with van der Waals surface area (Å²) in [6, 6.07) is 24.5. The Balaban J connectivity index is 1.47. The molecule has 1 aliphatic heterocycles. The summed E-state index contributed by atoms with van der Waals surface area (Å²) in [5, 5.41) is 9.87. The molecule has 36 heavy (non-hydrogen) atoms. The van der Waals surface area contributed by atoms with Gasteiger partial charge in [0.15, 0.2) is 6.29 Å². The maximum Gasteiger partial charge on any atom is 0.303 e. The second-order valence-corrected chi connectivity index (χ2v) is 9.00. The molecule has 0 bridgehead atoms. The van der Waals surface area contributed by atoms with Crippen LogP contribution in [-0.2, 0) is 14.3 Å². The number of hydrogen-bond acceptors (Lipinski definition) is 3. The number of aromatic nitrogens is 1. The molecule has 3 atom stereocenters. The molecule has 0 radical (unpaired) electrons. The van der Waals surface area contributed by atoms with Gasteiger partial charge in [0.1, 0.15) is 5.82 Å². The molecule has 0 aliphatic carbocycles. The molecule has 3 aromatic carbocycles. The summed E-state index contributed by atoms with van der Waals surface area (Å²) >= 11 is 0. The Bertz CT molecular complexity index is 1350. The predicted molar refractivity (Wildman–Crippen MR) is 137 cm³/mol. The number of aliphatic carboxylic acids is 1. The van der Waals surface area contributed by atoms with Crippen molar-refractivity contribution in [2.24, 2.45) is 5.92 Å². The van der Waals surface area contributed by atoms with E-state index in [1.807, 2.05) is 54.6 Å². The van der Waals surface area contributed by atoms with Gasteiger partial charge in [-0.2, -0.15) is 0 Å². The van der Waals surface area contributed by atoms with Crippen LogP contribution in [0.25, 0.3) is 22.2 Å². The van der Waals surface area contributed by atoms with Crippen LogP contribution in [0.3, 0.4) is 0 Å². The highest BCUT2D eigenvalue weighted by atomic mass is 19.1. The lowest BCUT2D eigenvalue weighted by Crippen LogP contribution is -2.30. The minimum atomic E-state index is -0.801. The van der Waals surface area contributed by atoms with E-state index in [2.05, 4.69) is 17.1 Å². The van der Waals surface area contributed by atoms with Crippen LogP contribution in [0.15, 0.2) is 91.0 Å². The van der Waals surface area contributed by atoms with E-state index < -0.39 is 12.3 Å². The normalized spacial score (nSPS) is 20.2. The van der Waals surface area contributed by atoms with Gasteiger partial charge in [-0.15, -0.1) is 0 Å². The Morgan fingerprint density at radius 1 is 1.00 bits per heavy atom. The number of H-pyrrole nitrogens is 1. The van der Waals surface area contributed by atoms with Gasteiger partial charge in [0, 0.05) is 28.8 Å². The molecule has 1 fully saturated rings. The van der Waals surface area contributed by atoms with Gasteiger partial charge in [-0.25, -0.2) is 4.39 Å². The van der Waals surface area contributed by atoms with Gasteiger partial charge in [-0.05, 0) is 54.3 Å². The highest BCUT2D eigenvalue weighted by Gasteiger charge is 2.35. The molecule has 1 aromatic heterocycles. The molecule has 6 heteroatoms. The van der Waals surface area contributed by atoms with Crippen molar-refractivity contribution in [1.29, 1.82) is 0 Å². The maximum atomic E-state index is 13.6. The van der Waals surface area contributed by atoms with E-state index >= 15 is 0 Å². The second-order valence-electron chi connectivity index (χ2n) is 9.00. The quantitative estimate of drug-likeness (QED) is 0.259. The fourth-order valence-corrected chi connectivity index (χ4v) is 4.77. The number of ether oxygens (including phenoxy) is 2. The monoisotopic (exact) mass is 485 g/mol. The van der Waals surface area contributed by atoms with Crippen molar-refractivity contribution in [2.75, 3.05) is 6.61 Å². The van der Waals surface area contributed by atoms with Crippen molar-refractivity contribution < 1.29 is 23.8 Å². The minimum absolute atomic E-state index is 0.0733. The average Bonchev–Trinajstić information content (AvgIpc) is 3.29. The summed E-state index contributed by atoms with van der Waals surface area (Å²) in [6.07, 6.45) is 4.44. The zero-order valence-electron chi connectivity index (χ0n) is 19.8. The predicted octanol–water partition coefficient (Wildman–Crippen LogP) is 7.19. The summed E-state index contributed by atoms with van der Waals surface area (Å²) < 4.78 is 26.6. The second kappa shape index (κ2) is 10.9. The van der Waals surface area contributed by atoms with E-state index in [1.165, 1.54) is 12.1 Å². The fraction of sp³-hybridized carbons (Fsp3) is 0.233. The standard InChI is InChI=1S/C30H28FNO4/c31-23-17-15-20(16-18-23)28-27(24-12-7-8-13-25(24)32-28)30-35-19-22(11-5-2-6-14-26(33)34)29(36-30)21-9-3-1-4-10-21/h1-5,7-10,12-13,15-18,22,29-30,32H,6,11,14,19H2,(H,33,34)/b5-2-/t22-,29-,30?/m1/s1. The van der Waals surface area contributed by atoms with Crippen molar-refractivity contribution in [3.63, 3.8) is 0 Å². The first-order chi connectivity index (χ1) is 17.6. The van der Waals surface area contributed by atoms with Gasteiger partial charge in [0.25, 0.3) is 0 Å². The lowest BCUT2D eigenvalue weighted by molar-refractivity contribution is -0.243. The van der Waals surface area contributed by atoms with Crippen LogP contribution in [0.4, 0.5) is 4.39 Å². The topological polar surface area (TPSA) is 71.5 Å². The number of carboxylic acids is 1. The SMILES string of the molecule is O=C(O)CC/C=C\C[C@@H]1COC(c2c(-c3ccc(F)cc3)[nH]c3ccccc23)O[C@@H]1c1ccccc1.